The van der Waals surface area contributed by atoms with E-state index < -0.39 is 0 Å². The molecule has 3 aromatic rings. The number of unbranched alkanes of at least 4 members (excludes halogenated alkanes) is 1. The second kappa shape index (κ2) is 10.8. The Morgan fingerprint density at radius 1 is 1.03 bits per heavy atom. The number of amides is 2. The SMILES string of the molecule is CCCCN(CC(=O)N1CCc2sccc2C1c1ccc(C(C)(C)C)cc1)C(=O)c1ccccc1. The molecule has 4 rings (SSSR count). The molecule has 1 aliphatic heterocycles. The molecule has 0 aliphatic carbocycles. The van der Waals surface area contributed by atoms with Crippen molar-refractivity contribution in [1.29, 1.82) is 0 Å². The Labute approximate surface area is 213 Å². The van der Waals surface area contributed by atoms with E-state index in [9.17, 15) is 9.59 Å². The maximum atomic E-state index is 13.8. The number of carbonyl (C=O) groups excluding carboxylic acids is 2. The predicted molar refractivity (Wildman–Crippen MR) is 144 cm³/mol. The highest BCUT2D eigenvalue weighted by molar-refractivity contribution is 7.10. The molecule has 1 atom stereocenters. The number of rotatable bonds is 7. The van der Waals surface area contributed by atoms with Crippen molar-refractivity contribution in [2.75, 3.05) is 19.6 Å². The van der Waals surface area contributed by atoms with Crippen molar-refractivity contribution in [3.8, 4) is 0 Å². The van der Waals surface area contributed by atoms with Crippen LogP contribution in [0.15, 0.2) is 66.0 Å². The van der Waals surface area contributed by atoms with Gasteiger partial charge in [0.05, 0.1) is 6.04 Å². The average Bonchev–Trinajstić information content (AvgIpc) is 3.34. The molecule has 2 heterocycles. The van der Waals surface area contributed by atoms with Crippen LogP contribution in [0.5, 0.6) is 0 Å². The standard InChI is InChI=1S/C30H36N2O2S/c1-5-6-18-31(29(34)23-10-8-7-9-11-23)21-27(33)32-19-16-26-25(17-20-35-26)28(32)22-12-14-24(15-13-22)30(2,3)4/h7-15,17,20,28H,5-6,16,18-19,21H2,1-4H3. The highest BCUT2D eigenvalue weighted by Gasteiger charge is 2.34. The van der Waals surface area contributed by atoms with Gasteiger partial charge in [0.25, 0.3) is 5.91 Å². The van der Waals surface area contributed by atoms with E-state index in [0.29, 0.717) is 18.7 Å². The van der Waals surface area contributed by atoms with Crippen LogP contribution >= 0.6 is 11.3 Å². The first-order chi connectivity index (χ1) is 16.8. The maximum Gasteiger partial charge on any atom is 0.254 e. The van der Waals surface area contributed by atoms with Crippen LogP contribution in [0.1, 0.15) is 78.5 Å². The summed E-state index contributed by atoms with van der Waals surface area (Å²) in [6.45, 7) is 10.1. The van der Waals surface area contributed by atoms with Crippen molar-refractivity contribution < 1.29 is 9.59 Å². The minimum Gasteiger partial charge on any atom is -0.330 e. The van der Waals surface area contributed by atoms with Gasteiger partial charge in [-0.3, -0.25) is 9.59 Å². The maximum absolute atomic E-state index is 13.8. The molecule has 0 bridgehead atoms. The van der Waals surface area contributed by atoms with Crippen LogP contribution in [0, 0.1) is 0 Å². The summed E-state index contributed by atoms with van der Waals surface area (Å²) in [5, 5.41) is 2.13. The van der Waals surface area contributed by atoms with Gasteiger partial charge in [0.2, 0.25) is 5.91 Å². The lowest BCUT2D eigenvalue weighted by atomic mass is 9.85. The van der Waals surface area contributed by atoms with Crippen LogP contribution < -0.4 is 0 Å². The van der Waals surface area contributed by atoms with E-state index in [1.807, 2.05) is 35.2 Å². The van der Waals surface area contributed by atoms with Crippen LogP contribution in [0.25, 0.3) is 0 Å². The Morgan fingerprint density at radius 3 is 2.40 bits per heavy atom. The second-order valence-electron chi connectivity index (χ2n) is 10.4. The first-order valence-electron chi connectivity index (χ1n) is 12.6. The largest absolute Gasteiger partial charge is 0.330 e. The number of nitrogens with zero attached hydrogens (tertiary/aromatic N) is 2. The van der Waals surface area contributed by atoms with Gasteiger partial charge in [-0.15, -0.1) is 11.3 Å². The molecule has 0 spiro atoms. The van der Waals surface area contributed by atoms with E-state index in [2.05, 4.69) is 63.4 Å². The first-order valence-corrected chi connectivity index (χ1v) is 13.5. The Bertz CT molecular complexity index is 1150. The van der Waals surface area contributed by atoms with E-state index in [1.54, 1.807) is 16.2 Å². The number of hydrogen-bond donors (Lipinski definition) is 0. The quantitative estimate of drug-likeness (QED) is 0.383. The molecule has 1 aliphatic rings. The summed E-state index contributed by atoms with van der Waals surface area (Å²) in [5.41, 5.74) is 4.32. The Balaban J connectivity index is 1.62. The van der Waals surface area contributed by atoms with Crippen LogP contribution in [0.3, 0.4) is 0 Å². The summed E-state index contributed by atoms with van der Waals surface area (Å²) < 4.78 is 0. The van der Waals surface area contributed by atoms with Gasteiger partial charge < -0.3 is 9.80 Å². The van der Waals surface area contributed by atoms with Crippen molar-refractivity contribution in [1.82, 2.24) is 9.80 Å². The highest BCUT2D eigenvalue weighted by Crippen LogP contribution is 2.38. The lowest BCUT2D eigenvalue weighted by molar-refractivity contribution is -0.134. The fourth-order valence-electron chi connectivity index (χ4n) is 4.73. The molecule has 5 heteroatoms. The summed E-state index contributed by atoms with van der Waals surface area (Å²) in [5.74, 6) is -0.0705. The Hall–Kier alpha value is -2.92. The Morgan fingerprint density at radius 2 is 1.74 bits per heavy atom. The van der Waals surface area contributed by atoms with Crippen molar-refractivity contribution in [3.63, 3.8) is 0 Å². The zero-order chi connectivity index (χ0) is 25.0. The third kappa shape index (κ3) is 5.67. The molecule has 0 radical (unpaired) electrons. The van der Waals surface area contributed by atoms with E-state index >= 15 is 0 Å². The average molecular weight is 489 g/mol. The van der Waals surface area contributed by atoms with Crippen LogP contribution in [-0.4, -0.2) is 41.2 Å². The van der Waals surface area contributed by atoms with Gasteiger partial charge in [-0.05, 0) is 58.5 Å². The fraction of sp³-hybridized carbons (Fsp3) is 0.400. The lowest BCUT2D eigenvalue weighted by Crippen LogP contribution is -2.47. The number of hydrogen-bond acceptors (Lipinski definition) is 3. The second-order valence-corrected chi connectivity index (χ2v) is 11.4. The van der Waals surface area contributed by atoms with Gasteiger partial charge >= 0.3 is 0 Å². The molecule has 35 heavy (non-hydrogen) atoms. The Kier molecular flexibility index (Phi) is 7.75. The zero-order valence-electron chi connectivity index (χ0n) is 21.3. The van der Waals surface area contributed by atoms with Crippen LogP contribution in [0.4, 0.5) is 0 Å². The van der Waals surface area contributed by atoms with Gasteiger partial charge in [0.1, 0.15) is 6.54 Å². The van der Waals surface area contributed by atoms with Gasteiger partial charge in [-0.1, -0.05) is 76.6 Å². The summed E-state index contributed by atoms with van der Waals surface area (Å²) >= 11 is 1.77. The molecule has 0 N–H and O–H groups in total. The highest BCUT2D eigenvalue weighted by atomic mass is 32.1. The zero-order valence-corrected chi connectivity index (χ0v) is 22.1. The van der Waals surface area contributed by atoms with Crippen molar-refractivity contribution in [3.05, 3.63) is 93.2 Å². The molecule has 0 fully saturated rings. The van der Waals surface area contributed by atoms with Gasteiger partial charge in [-0.25, -0.2) is 0 Å². The number of carbonyl (C=O) groups is 2. The van der Waals surface area contributed by atoms with Gasteiger partial charge in [0, 0.05) is 23.5 Å². The lowest BCUT2D eigenvalue weighted by Gasteiger charge is -2.38. The number of benzene rings is 2. The molecule has 0 saturated heterocycles. The summed E-state index contributed by atoms with van der Waals surface area (Å²) in [4.78, 5) is 32.1. The molecule has 4 nitrogen and oxygen atoms in total. The van der Waals surface area contributed by atoms with E-state index in [0.717, 1.165) is 24.8 Å². The van der Waals surface area contributed by atoms with E-state index in [4.69, 9.17) is 0 Å². The molecular formula is C30H36N2O2S. The fourth-order valence-corrected chi connectivity index (χ4v) is 5.63. The first kappa shape index (κ1) is 25.2. The van der Waals surface area contributed by atoms with Crippen LogP contribution in [0.2, 0.25) is 0 Å². The molecule has 2 amide bonds. The minimum atomic E-state index is -0.119. The monoisotopic (exact) mass is 488 g/mol. The van der Waals surface area contributed by atoms with Gasteiger partial charge in [0.15, 0.2) is 0 Å². The predicted octanol–water partition coefficient (Wildman–Crippen LogP) is 6.46. The normalized spacial score (nSPS) is 15.5. The van der Waals surface area contributed by atoms with Crippen LogP contribution in [-0.2, 0) is 16.6 Å². The third-order valence-corrected chi connectivity index (χ3v) is 7.79. The molecule has 0 saturated carbocycles. The molecule has 184 valence electrons. The third-order valence-electron chi connectivity index (χ3n) is 6.79. The molecule has 1 aromatic heterocycles. The van der Waals surface area contributed by atoms with Crippen molar-refractivity contribution in [2.45, 2.75) is 58.4 Å². The number of fused-ring (bicyclic) bond motifs is 1. The topological polar surface area (TPSA) is 40.6 Å². The summed E-state index contributed by atoms with van der Waals surface area (Å²) in [6.07, 6.45) is 2.70. The molecule has 2 aromatic carbocycles. The van der Waals surface area contributed by atoms with E-state index in [1.165, 1.54) is 16.0 Å². The van der Waals surface area contributed by atoms with Gasteiger partial charge in [-0.2, -0.15) is 0 Å². The van der Waals surface area contributed by atoms with Crippen molar-refractivity contribution in [2.24, 2.45) is 0 Å². The van der Waals surface area contributed by atoms with Crippen molar-refractivity contribution >= 4 is 23.2 Å². The molecule has 1 unspecified atom stereocenters. The summed E-state index contributed by atoms with van der Waals surface area (Å²) in [6, 6.07) is 20.0. The summed E-state index contributed by atoms with van der Waals surface area (Å²) in [7, 11) is 0. The number of thiophene rings is 1. The molecular weight excluding hydrogens is 452 g/mol. The van der Waals surface area contributed by atoms with E-state index in [-0.39, 0.29) is 29.8 Å². The smallest absolute Gasteiger partial charge is 0.254 e. The minimum absolute atomic E-state index is 0.00660.